The van der Waals surface area contributed by atoms with Gasteiger partial charge in [-0.3, -0.25) is 0 Å². The largest absolute Gasteiger partial charge is 0.349 e. The molecule has 2 rings (SSSR count). The summed E-state index contributed by atoms with van der Waals surface area (Å²) < 4.78 is 11.3. The lowest BCUT2D eigenvalue weighted by molar-refractivity contribution is -0.267. The van der Waals surface area contributed by atoms with E-state index in [-0.39, 0.29) is 5.41 Å². The number of hydrogen-bond donors (Lipinski definition) is 0. The van der Waals surface area contributed by atoms with Crippen molar-refractivity contribution in [2.24, 2.45) is 0 Å². The summed E-state index contributed by atoms with van der Waals surface area (Å²) in [5.41, 5.74) is -0.0797. The molecule has 1 saturated heterocycles. The van der Waals surface area contributed by atoms with E-state index >= 15 is 0 Å². The molecule has 0 unspecified atom stereocenters. The fourth-order valence-electron chi connectivity index (χ4n) is 1.39. The molecule has 3 nitrogen and oxygen atoms in total. The number of nitrogens with zero attached hydrogens (tertiary/aromatic N) is 1. The second kappa shape index (κ2) is 3.29. The maximum Gasteiger partial charge on any atom is 0.162 e. The van der Waals surface area contributed by atoms with Gasteiger partial charge in [-0.2, -0.15) is 0 Å². The van der Waals surface area contributed by atoms with Crippen LogP contribution in [0.15, 0.2) is 11.6 Å². The number of thiazole rings is 1. The highest BCUT2D eigenvalue weighted by molar-refractivity contribution is 7.09. The maximum absolute atomic E-state index is 5.65. The molecule has 1 aromatic rings. The summed E-state index contributed by atoms with van der Waals surface area (Å²) in [4.78, 5) is 4.32. The molecule has 0 aliphatic carbocycles. The lowest BCUT2D eigenvalue weighted by Crippen LogP contribution is -2.47. The molecule has 0 atom stereocenters. The van der Waals surface area contributed by atoms with Crippen molar-refractivity contribution in [1.82, 2.24) is 4.98 Å². The Labute approximate surface area is 88.1 Å². The molecule has 14 heavy (non-hydrogen) atoms. The van der Waals surface area contributed by atoms with E-state index in [1.165, 1.54) is 0 Å². The summed E-state index contributed by atoms with van der Waals surface area (Å²) in [5, 5.41) is 3.08. The summed E-state index contributed by atoms with van der Waals surface area (Å²) in [6, 6.07) is 0. The van der Waals surface area contributed by atoms with Crippen LogP contribution >= 0.6 is 11.3 Å². The average Bonchev–Trinajstić information content (AvgIpc) is 2.64. The molecule has 2 heterocycles. The van der Waals surface area contributed by atoms with Gasteiger partial charge in [0.2, 0.25) is 0 Å². The SMILES string of the molecule is CC1(C)OCC(C)(c2nccs2)CO1. The Morgan fingerprint density at radius 2 is 1.93 bits per heavy atom. The van der Waals surface area contributed by atoms with Crippen LogP contribution in [0, 0.1) is 0 Å². The first-order chi connectivity index (χ1) is 6.52. The number of hydrogen-bond acceptors (Lipinski definition) is 4. The van der Waals surface area contributed by atoms with Gasteiger partial charge in [-0.15, -0.1) is 11.3 Å². The van der Waals surface area contributed by atoms with Gasteiger partial charge >= 0.3 is 0 Å². The molecule has 0 aromatic carbocycles. The number of rotatable bonds is 1. The first-order valence-corrected chi connectivity index (χ1v) is 5.58. The molecule has 0 bridgehead atoms. The van der Waals surface area contributed by atoms with Crippen LogP contribution < -0.4 is 0 Å². The lowest BCUT2D eigenvalue weighted by atomic mass is 9.92. The summed E-state index contributed by atoms with van der Waals surface area (Å²) in [7, 11) is 0. The number of ether oxygens (including phenoxy) is 2. The smallest absolute Gasteiger partial charge is 0.162 e. The molecule has 4 heteroatoms. The predicted molar refractivity (Wildman–Crippen MR) is 55.4 cm³/mol. The molecule has 0 spiro atoms. The Morgan fingerprint density at radius 3 is 2.43 bits per heavy atom. The second-order valence-electron chi connectivity index (χ2n) is 4.38. The molecular formula is C10H15NO2S. The molecule has 1 fully saturated rings. The van der Waals surface area contributed by atoms with Crippen LogP contribution in [0.5, 0.6) is 0 Å². The minimum Gasteiger partial charge on any atom is -0.349 e. The summed E-state index contributed by atoms with van der Waals surface area (Å²) >= 11 is 1.66. The third-order valence-electron chi connectivity index (χ3n) is 2.43. The van der Waals surface area contributed by atoms with E-state index < -0.39 is 5.79 Å². The molecule has 0 saturated carbocycles. The van der Waals surface area contributed by atoms with Crippen LogP contribution in [0.4, 0.5) is 0 Å². The van der Waals surface area contributed by atoms with Crippen molar-refractivity contribution in [3.8, 4) is 0 Å². The van der Waals surface area contributed by atoms with Crippen LogP contribution in [0.25, 0.3) is 0 Å². The Hall–Kier alpha value is -0.450. The van der Waals surface area contributed by atoms with Crippen LogP contribution in [-0.2, 0) is 14.9 Å². The van der Waals surface area contributed by atoms with E-state index in [2.05, 4.69) is 11.9 Å². The van der Waals surface area contributed by atoms with Crippen molar-refractivity contribution in [3.63, 3.8) is 0 Å². The van der Waals surface area contributed by atoms with Gasteiger partial charge in [-0.25, -0.2) is 4.98 Å². The van der Waals surface area contributed by atoms with Crippen molar-refractivity contribution in [2.75, 3.05) is 13.2 Å². The van der Waals surface area contributed by atoms with Gasteiger partial charge in [-0.1, -0.05) is 0 Å². The van der Waals surface area contributed by atoms with E-state index in [9.17, 15) is 0 Å². The monoisotopic (exact) mass is 213 g/mol. The van der Waals surface area contributed by atoms with Gasteiger partial charge in [-0.05, 0) is 20.8 Å². The zero-order valence-corrected chi connectivity index (χ0v) is 9.56. The molecular weight excluding hydrogens is 198 g/mol. The van der Waals surface area contributed by atoms with E-state index in [0.29, 0.717) is 13.2 Å². The third-order valence-corrected chi connectivity index (χ3v) is 3.50. The molecule has 78 valence electrons. The summed E-state index contributed by atoms with van der Waals surface area (Å²) in [5.74, 6) is -0.448. The average molecular weight is 213 g/mol. The fraction of sp³-hybridized carbons (Fsp3) is 0.700. The first-order valence-electron chi connectivity index (χ1n) is 4.70. The van der Waals surface area contributed by atoms with Crippen LogP contribution in [0.3, 0.4) is 0 Å². The maximum atomic E-state index is 5.65. The van der Waals surface area contributed by atoms with Crippen LogP contribution in [-0.4, -0.2) is 24.0 Å². The standard InChI is InChI=1S/C10H15NO2S/c1-9(2)12-6-10(3,7-13-9)8-11-4-5-14-8/h4-5H,6-7H2,1-3H3. The van der Waals surface area contributed by atoms with Crippen molar-refractivity contribution < 1.29 is 9.47 Å². The van der Waals surface area contributed by atoms with Crippen LogP contribution in [0.2, 0.25) is 0 Å². The van der Waals surface area contributed by atoms with E-state index in [1.54, 1.807) is 11.3 Å². The minimum absolute atomic E-state index is 0.0797. The summed E-state index contributed by atoms with van der Waals surface area (Å²) in [6.07, 6.45) is 1.82. The molecule has 1 aliphatic heterocycles. The van der Waals surface area contributed by atoms with Gasteiger partial charge in [0.25, 0.3) is 0 Å². The van der Waals surface area contributed by atoms with E-state index in [0.717, 1.165) is 5.01 Å². The second-order valence-corrected chi connectivity index (χ2v) is 5.27. The number of aromatic nitrogens is 1. The van der Waals surface area contributed by atoms with E-state index in [4.69, 9.17) is 9.47 Å². The van der Waals surface area contributed by atoms with E-state index in [1.807, 2.05) is 25.4 Å². The first kappa shape index (κ1) is 10.1. The van der Waals surface area contributed by atoms with Gasteiger partial charge < -0.3 is 9.47 Å². The van der Waals surface area contributed by atoms with Gasteiger partial charge in [0.05, 0.1) is 18.6 Å². The highest BCUT2D eigenvalue weighted by atomic mass is 32.1. The van der Waals surface area contributed by atoms with Gasteiger partial charge in [0.1, 0.15) is 5.01 Å². The minimum atomic E-state index is -0.448. The van der Waals surface area contributed by atoms with Gasteiger partial charge in [0, 0.05) is 11.6 Å². The van der Waals surface area contributed by atoms with Crippen LogP contribution in [0.1, 0.15) is 25.8 Å². The Bertz CT molecular complexity index is 298. The predicted octanol–water partition coefficient (Wildman–Crippen LogP) is 2.18. The van der Waals surface area contributed by atoms with Gasteiger partial charge in [0.15, 0.2) is 5.79 Å². The molecule has 1 aliphatic rings. The molecule has 0 N–H and O–H groups in total. The Balaban J connectivity index is 2.13. The Morgan fingerprint density at radius 1 is 1.29 bits per heavy atom. The van der Waals surface area contributed by atoms with Crippen molar-refractivity contribution in [3.05, 3.63) is 16.6 Å². The Kier molecular flexibility index (Phi) is 2.37. The summed E-state index contributed by atoms with van der Waals surface area (Å²) in [6.45, 7) is 7.35. The third kappa shape index (κ3) is 1.82. The highest BCUT2D eigenvalue weighted by Crippen LogP contribution is 2.33. The van der Waals surface area contributed by atoms with Crippen molar-refractivity contribution in [1.29, 1.82) is 0 Å². The fourth-order valence-corrected chi connectivity index (χ4v) is 2.17. The van der Waals surface area contributed by atoms with Crippen molar-refractivity contribution >= 4 is 11.3 Å². The zero-order valence-electron chi connectivity index (χ0n) is 8.74. The van der Waals surface area contributed by atoms with Crippen molar-refractivity contribution in [2.45, 2.75) is 32.0 Å². The lowest BCUT2D eigenvalue weighted by Gasteiger charge is -2.40. The zero-order chi connectivity index (χ0) is 10.2. The normalized spacial score (nSPS) is 24.8. The molecule has 0 amide bonds. The molecule has 0 radical (unpaired) electrons. The topological polar surface area (TPSA) is 31.4 Å². The quantitative estimate of drug-likeness (QED) is 0.716. The molecule has 1 aromatic heterocycles. The highest BCUT2D eigenvalue weighted by Gasteiger charge is 2.39.